The van der Waals surface area contributed by atoms with Crippen molar-refractivity contribution >= 4 is 33.2 Å². The molecule has 0 aliphatic rings. The van der Waals surface area contributed by atoms with E-state index in [1.807, 2.05) is 26.0 Å². The van der Waals surface area contributed by atoms with Crippen LogP contribution in [0.3, 0.4) is 0 Å². The number of nitrogens with zero attached hydrogens (tertiary/aromatic N) is 1. The first-order valence-electron chi connectivity index (χ1n) is 11.1. The van der Waals surface area contributed by atoms with Crippen LogP contribution in [0.5, 0.6) is 0 Å². The SMILES string of the molecule is Cc1ccc(S(=O)(=O)N(CC(=O)N[C@H](C)c2ccc(C(C)(C)C)cc2)c2ccc(Cl)cc2)cc1. The fourth-order valence-corrected chi connectivity index (χ4v) is 5.08. The first kappa shape index (κ1) is 25.8. The topological polar surface area (TPSA) is 66.5 Å². The predicted molar refractivity (Wildman–Crippen MR) is 139 cm³/mol. The number of benzene rings is 3. The van der Waals surface area contributed by atoms with Gasteiger partial charge in [0, 0.05) is 5.02 Å². The van der Waals surface area contributed by atoms with Gasteiger partial charge >= 0.3 is 0 Å². The summed E-state index contributed by atoms with van der Waals surface area (Å²) in [6, 6.07) is 20.8. The molecule has 3 rings (SSSR count). The fraction of sp³-hybridized carbons (Fsp3) is 0.296. The van der Waals surface area contributed by atoms with Gasteiger partial charge in [-0.2, -0.15) is 0 Å². The van der Waals surface area contributed by atoms with Crippen LogP contribution in [-0.4, -0.2) is 20.9 Å². The molecule has 0 saturated heterocycles. The number of rotatable bonds is 7. The van der Waals surface area contributed by atoms with Crippen LogP contribution in [0.2, 0.25) is 5.02 Å². The first-order chi connectivity index (χ1) is 15.9. The summed E-state index contributed by atoms with van der Waals surface area (Å²) in [5, 5.41) is 3.41. The van der Waals surface area contributed by atoms with Crippen LogP contribution in [0, 0.1) is 6.92 Å². The Labute approximate surface area is 207 Å². The van der Waals surface area contributed by atoms with Crippen LogP contribution >= 0.6 is 11.6 Å². The Kier molecular flexibility index (Phi) is 7.74. The van der Waals surface area contributed by atoms with E-state index < -0.39 is 15.9 Å². The number of anilines is 1. The average molecular weight is 499 g/mol. The lowest BCUT2D eigenvalue weighted by atomic mass is 9.86. The van der Waals surface area contributed by atoms with Gasteiger partial charge in [0.25, 0.3) is 10.0 Å². The lowest BCUT2D eigenvalue weighted by Crippen LogP contribution is -2.41. The first-order valence-corrected chi connectivity index (χ1v) is 12.9. The van der Waals surface area contributed by atoms with Gasteiger partial charge in [0.1, 0.15) is 6.54 Å². The van der Waals surface area contributed by atoms with Gasteiger partial charge in [0.05, 0.1) is 16.6 Å². The van der Waals surface area contributed by atoms with Gasteiger partial charge in [-0.3, -0.25) is 9.10 Å². The molecule has 0 radical (unpaired) electrons. The molecule has 3 aromatic rings. The minimum Gasteiger partial charge on any atom is -0.348 e. The van der Waals surface area contributed by atoms with E-state index in [9.17, 15) is 13.2 Å². The highest BCUT2D eigenvalue weighted by atomic mass is 35.5. The summed E-state index contributed by atoms with van der Waals surface area (Å²) in [5.41, 5.74) is 3.49. The molecule has 180 valence electrons. The van der Waals surface area contributed by atoms with E-state index in [1.54, 1.807) is 48.5 Å². The van der Waals surface area contributed by atoms with Crippen LogP contribution in [0.4, 0.5) is 5.69 Å². The Morgan fingerprint density at radius 3 is 2.03 bits per heavy atom. The van der Waals surface area contributed by atoms with Gasteiger partial charge in [0.2, 0.25) is 5.91 Å². The molecule has 0 aliphatic carbocycles. The van der Waals surface area contributed by atoms with Gasteiger partial charge in [-0.1, -0.05) is 74.3 Å². The highest BCUT2D eigenvalue weighted by Gasteiger charge is 2.28. The summed E-state index contributed by atoms with van der Waals surface area (Å²) in [6.07, 6.45) is 0. The molecule has 1 amide bonds. The molecule has 5 nitrogen and oxygen atoms in total. The number of hydrogen-bond donors (Lipinski definition) is 1. The van der Waals surface area contributed by atoms with Crippen molar-refractivity contribution in [2.75, 3.05) is 10.8 Å². The van der Waals surface area contributed by atoms with Crippen LogP contribution in [0.25, 0.3) is 0 Å². The van der Waals surface area contributed by atoms with Gasteiger partial charge in [-0.15, -0.1) is 0 Å². The van der Waals surface area contributed by atoms with E-state index in [1.165, 1.54) is 5.56 Å². The fourth-order valence-electron chi connectivity index (χ4n) is 3.53. The third-order valence-corrected chi connectivity index (χ3v) is 7.71. The summed E-state index contributed by atoms with van der Waals surface area (Å²) in [5.74, 6) is -0.405. The standard InChI is InChI=1S/C27H31ClN2O3S/c1-19-6-16-25(17-7-19)34(32,33)30(24-14-12-23(28)13-15-24)18-26(31)29-20(2)21-8-10-22(11-9-21)27(3,4)5/h6-17,20H,18H2,1-5H3,(H,29,31)/t20-/m1/s1. The summed E-state index contributed by atoms with van der Waals surface area (Å²) in [7, 11) is -3.97. The zero-order chi connectivity index (χ0) is 25.1. The molecule has 0 spiro atoms. The normalized spacial score (nSPS) is 12.8. The van der Waals surface area contributed by atoms with Crippen LogP contribution in [0.1, 0.15) is 50.4 Å². The smallest absolute Gasteiger partial charge is 0.264 e. The monoisotopic (exact) mass is 498 g/mol. The molecule has 0 aromatic heterocycles. The Balaban J connectivity index is 1.84. The second-order valence-electron chi connectivity index (χ2n) is 9.46. The maximum absolute atomic E-state index is 13.5. The maximum Gasteiger partial charge on any atom is 0.264 e. The molecule has 0 aliphatic heterocycles. The second-order valence-corrected chi connectivity index (χ2v) is 11.8. The Morgan fingerprint density at radius 1 is 0.941 bits per heavy atom. The number of aryl methyl sites for hydroxylation is 1. The number of halogens is 1. The Morgan fingerprint density at radius 2 is 1.50 bits per heavy atom. The van der Waals surface area contributed by atoms with Crippen molar-refractivity contribution in [1.29, 1.82) is 0 Å². The molecule has 0 fully saturated rings. The van der Waals surface area contributed by atoms with Crippen LogP contribution in [-0.2, 0) is 20.2 Å². The number of hydrogen-bond acceptors (Lipinski definition) is 3. The molecule has 7 heteroatoms. The predicted octanol–water partition coefficient (Wildman–Crippen LogP) is 6.02. The zero-order valence-corrected chi connectivity index (χ0v) is 21.7. The van der Waals surface area contributed by atoms with Crippen molar-refractivity contribution in [3.05, 3.63) is 94.5 Å². The average Bonchev–Trinajstić information content (AvgIpc) is 2.78. The molecule has 0 heterocycles. The van der Waals surface area contributed by atoms with Crippen molar-refractivity contribution in [2.45, 2.75) is 51.0 Å². The minimum absolute atomic E-state index is 0.0361. The van der Waals surface area contributed by atoms with E-state index in [4.69, 9.17) is 11.6 Å². The Hall–Kier alpha value is -2.83. The molecule has 34 heavy (non-hydrogen) atoms. The van der Waals surface area contributed by atoms with Gasteiger partial charge in [-0.25, -0.2) is 8.42 Å². The molecule has 3 aromatic carbocycles. The molecule has 0 unspecified atom stereocenters. The molecular weight excluding hydrogens is 468 g/mol. The van der Waals surface area contributed by atoms with Crippen molar-refractivity contribution in [1.82, 2.24) is 5.32 Å². The second kappa shape index (κ2) is 10.2. The van der Waals surface area contributed by atoms with Gasteiger partial charge < -0.3 is 5.32 Å². The highest BCUT2D eigenvalue weighted by molar-refractivity contribution is 7.92. The van der Waals surface area contributed by atoms with Crippen molar-refractivity contribution in [3.63, 3.8) is 0 Å². The quantitative estimate of drug-likeness (QED) is 0.433. The Bertz CT molecular complexity index is 1230. The molecule has 0 bridgehead atoms. The third-order valence-electron chi connectivity index (χ3n) is 5.67. The maximum atomic E-state index is 13.5. The van der Waals surface area contributed by atoms with Crippen molar-refractivity contribution < 1.29 is 13.2 Å². The van der Waals surface area contributed by atoms with Gasteiger partial charge in [0.15, 0.2) is 0 Å². The number of nitrogens with one attached hydrogen (secondary N) is 1. The molecule has 1 atom stereocenters. The number of carbonyl (C=O) groups excluding carboxylic acids is 1. The van der Waals surface area contributed by atoms with E-state index in [-0.39, 0.29) is 22.9 Å². The number of sulfonamides is 1. The van der Waals surface area contributed by atoms with E-state index in [2.05, 4.69) is 38.2 Å². The summed E-state index contributed by atoms with van der Waals surface area (Å²) in [6.45, 7) is 9.84. The largest absolute Gasteiger partial charge is 0.348 e. The summed E-state index contributed by atoms with van der Waals surface area (Å²) < 4.78 is 28.0. The summed E-state index contributed by atoms with van der Waals surface area (Å²) >= 11 is 6.00. The molecular formula is C27H31ClN2O3S. The minimum atomic E-state index is -3.97. The number of carbonyl (C=O) groups is 1. The van der Waals surface area contributed by atoms with E-state index >= 15 is 0 Å². The lowest BCUT2D eigenvalue weighted by molar-refractivity contribution is -0.120. The highest BCUT2D eigenvalue weighted by Crippen LogP contribution is 2.26. The van der Waals surface area contributed by atoms with Crippen LogP contribution < -0.4 is 9.62 Å². The summed E-state index contributed by atoms with van der Waals surface area (Å²) in [4.78, 5) is 13.1. The van der Waals surface area contributed by atoms with E-state index in [0.29, 0.717) is 10.7 Å². The number of amides is 1. The van der Waals surface area contributed by atoms with Crippen molar-refractivity contribution in [3.8, 4) is 0 Å². The third kappa shape index (κ3) is 6.19. The van der Waals surface area contributed by atoms with Crippen molar-refractivity contribution in [2.24, 2.45) is 0 Å². The van der Waals surface area contributed by atoms with E-state index in [0.717, 1.165) is 15.4 Å². The zero-order valence-electron chi connectivity index (χ0n) is 20.2. The van der Waals surface area contributed by atoms with Gasteiger partial charge in [-0.05, 0) is 66.8 Å². The molecule has 1 N–H and O–H groups in total. The molecule has 0 saturated carbocycles. The lowest BCUT2D eigenvalue weighted by Gasteiger charge is -2.25. The van der Waals surface area contributed by atoms with Crippen LogP contribution in [0.15, 0.2) is 77.7 Å².